The van der Waals surface area contributed by atoms with Crippen molar-refractivity contribution in [1.82, 2.24) is 9.97 Å². The summed E-state index contributed by atoms with van der Waals surface area (Å²) in [5.74, 6) is -0.536. The summed E-state index contributed by atoms with van der Waals surface area (Å²) in [4.78, 5) is 9.52. The van der Waals surface area contributed by atoms with Gasteiger partial charge < -0.3 is 4.42 Å². The first-order chi connectivity index (χ1) is 18.4. The van der Waals surface area contributed by atoms with Crippen molar-refractivity contribution in [2.45, 2.75) is 45.4 Å². The molecule has 7 rings (SSSR count). The quantitative estimate of drug-likeness (QED) is 0.251. The second kappa shape index (κ2) is 8.55. The van der Waals surface area contributed by atoms with Crippen LogP contribution in [0.1, 0.15) is 52.4 Å². The molecular weight excluding hydrogens is 452 g/mol. The average Bonchev–Trinajstić information content (AvgIpc) is 3.34. The summed E-state index contributed by atoms with van der Waals surface area (Å²) >= 11 is 0. The number of nitrogens with zero attached hydrogens (tertiary/aromatic N) is 2. The maximum atomic E-state index is 9.07. The molecule has 3 heterocycles. The number of fused-ring (bicyclic) bond motifs is 5. The first kappa shape index (κ1) is 21.1. The van der Waals surface area contributed by atoms with Crippen LogP contribution >= 0.6 is 0 Å². The fourth-order valence-corrected chi connectivity index (χ4v) is 5.76. The zero-order valence-electron chi connectivity index (χ0n) is 22.3. The van der Waals surface area contributed by atoms with E-state index in [4.69, 9.17) is 15.8 Å². The number of para-hydroxylation sites is 1. The lowest BCUT2D eigenvalue weighted by Gasteiger charge is -2.34. The predicted octanol–water partition coefficient (Wildman–Crippen LogP) is 9.55. The Kier molecular flexibility index (Phi) is 4.89. The van der Waals surface area contributed by atoms with Gasteiger partial charge in [0.05, 0.1) is 11.4 Å². The van der Waals surface area contributed by atoms with Crippen LogP contribution in [0.5, 0.6) is 0 Å². The summed E-state index contributed by atoms with van der Waals surface area (Å²) in [7, 11) is 0. The van der Waals surface area contributed by atoms with Crippen molar-refractivity contribution >= 4 is 32.7 Å². The molecule has 3 aromatic heterocycles. The molecule has 3 nitrogen and oxygen atoms in total. The van der Waals surface area contributed by atoms with Crippen molar-refractivity contribution in [3.8, 4) is 22.5 Å². The maximum absolute atomic E-state index is 9.07. The SMILES string of the molecule is [2H]C1(c2ccc(-c3ccnc(-c4cccc5c4oc4c6ccccc6ccc54)c3)nc2)CCC(C)(C)CC1. The molecule has 0 N–H and O–H groups in total. The lowest BCUT2D eigenvalue weighted by molar-refractivity contribution is 0.224. The number of aromatic nitrogens is 2. The van der Waals surface area contributed by atoms with E-state index in [0.717, 1.165) is 81.1 Å². The van der Waals surface area contributed by atoms with E-state index in [1.807, 2.05) is 18.5 Å². The molecule has 1 fully saturated rings. The molecule has 0 spiro atoms. The fraction of sp³-hybridized carbons (Fsp3) is 0.235. The van der Waals surface area contributed by atoms with Crippen LogP contribution in [-0.2, 0) is 0 Å². The Morgan fingerprint density at radius 2 is 1.59 bits per heavy atom. The summed E-state index contributed by atoms with van der Waals surface area (Å²) in [5.41, 5.74) is 6.83. The number of furan rings is 1. The third kappa shape index (κ3) is 3.90. The van der Waals surface area contributed by atoms with Crippen LogP contribution in [-0.4, -0.2) is 9.97 Å². The molecule has 0 unspecified atom stereocenters. The Labute approximate surface area is 218 Å². The minimum atomic E-state index is -0.536. The first-order valence-electron chi connectivity index (χ1n) is 13.7. The van der Waals surface area contributed by atoms with E-state index >= 15 is 0 Å². The van der Waals surface area contributed by atoms with Crippen molar-refractivity contribution in [1.29, 1.82) is 0 Å². The lowest BCUT2D eigenvalue weighted by Crippen LogP contribution is -2.20. The highest BCUT2D eigenvalue weighted by Crippen LogP contribution is 2.43. The van der Waals surface area contributed by atoms with Crippen molar-refractivity contribution in [2.24, 2.45) is 5.41 Å². The van der Waals surface area contributed by atoms with Gasteiger partial charge in [-0.1, -0.05) is 62.4 Å². The molecule has 1 aliphatic carbocycles. The van der Waals surface area contributed by atoms with Crippen LogP contribution in [0, 0.1) is 5.41 Å². The highest BCUT2D eigenvalue weighted by atomic mass is 16.3. The molecule has 0 saturated heterocycles. The minimum Gasteiger partial charge on any atom is -0.455 e. The van der Waals surface area contributed by atoms with Crippen LogP contribution < -0.4 is 0 Å². The van der Waals surface area contributed by atoms with E-state index in [-0.39, 0.29) is 0 Å². The van der Waals surface area contributed by atoms with Crippen LogP contribution in [0.3, 0.4) is 0 Å². The average molecular weight is 484 g/mol. The normalized spacial score (nSPS) is 17.3. The van der Waals surface area contributed by atoms with Gasteiger partial charge in [0.1, 0.15) is 11.2 Å². The third-order valence-corrected chi connectivity index (χ3v) is 8.10. The van der Waals surface area contributed by atoms with E-state index < -0.39 is 5.89 Å². The summed E-state index contributed by atoms with van der Waals surface area (Å²) in [6.45, 7) is 4.62. The molecule has 6 aromatic rings. The lowest BCUT2D eigenvalue weighted by atomic mass is 9.71. The molecule has 0 aliphatic heterocycles. The Hall–Kier alpha value is -3.98. The predicted molar refractivity (Wildman–Crippen MR) is 153 cm³/mol. The van der Waals surface area contributed by atoms with Gasteiger partial charge in [-0.05, 0) is 78.3 Å². The van der Waals surface area contributed by atoms with Gasteiger partial charge in [-0.3, -0.25) is 9.97 Å². The fourth-order valence-electron chi connectivity index (χ4n) is 5.76. The van der Waals surface area contributed by atoms with Gasteiger partial charge in [0.2, 0.25) is 0 Å². The molecule has 3 heteroatoms. The molecule has 0 atom stereocenters. The van der Waals surface area contributed by atoms with Crippen LogP contribution in [0.4, 0.5) is 0 Å². The summed E-state index contributed by atoms with van der Waals surface area (Å²) in [5, 5.41) is 4.49. The van der Waals surface area contributed by atoms with Gasteiger partial charge in [-0.25, -0.2) is 0 Å². The Morgan fingerprint density at radius 1 is 0.784 bits per heavy atom. The van der Waals surface area contributed by atoms with Crippen molar-refractivity contribution in [3.05, 3.63) is 96.8 Å². The minimum absolute atomic E-state index is 0.334. The zero-order chi connectivity index (χ0) is 25.9. The number of pyridine rings is 2. The van der Waals surface area contributed by atoms with E-state index in [0.29, 0.717) is 5.41 Å². The smallest absolute Gasteiger partial charge is 0.144 e. The second-order valence-corrected chi connectivity index (χ2v) is 11.1. The molecule has 3 aromatic carbocycles. The van der Waals surface area contributed by atoms with Gasteiger partial charge >= 0.3 is 0 Å². The van der Waals surface area contributed by atoms with Gasteiger partial charge in [0.25, 0.3) is 0 Å². The van der Waals surface area contributed by atoms with Crippen molar-refractivity contribution in [2.75, 3.05) is 0 Å². The van der Waals surface area contributed by atoms with Crippen molar-refractivity contribution < 1.29 is 5.79 Å². The number of rotatable bonds is 3. The van der Waals surface area contributed by atoms with Gasteiger partial charge in [0, 0.05) is 41.1 Å². The Bertz CT molecular complexity index is 1810. The third-order valence-electron chi connectivity index (χ3n) is 8.10. The van der Waals surface area contributed by atoms with Gasteiger partial charge in [-0.2, -0.15) is 0 Å². The maximum Gasteiger partial charge on any atom is 0.144 e. The van der Waals surface area contributed by atoms with Gasteiger partial charge in [0.15, 0.2) is 0 Å². The number of benzene rings is 3. The molecule has 0 amide bonds. The van der Waals surface area contributed by atoms with E-state index in [1.165, 1.54) is 5.39 Å². The highest BCUT2D eigenvalue weighted by Gasteiger charge is 2.27. The Morgan fingerprint density at radius 3 is 2.43 bits per heavy atom. The molecule has 1 saturated carbocycles. The zero-order valence-corrected chi connectivity index (χ0v) is 21.3. The summed E-state index contributed by atoms with van der Waals surface area (Å²) < 4.78 is 15.6. The molecule has 1 aliphatic rings. The largest absolute Gasteiger partial charge is 0.455 e. The second-order valence-electron chi connectivity index (χ2n) is 11.1. The molecular formula is C34H30N2O. The molecule has 182 valence electrons. The van der Waals surface area contributed by atoms with E-state index in [1.54, 1.807) is 0 Å². The van der Waals surface area contributed by atoms with Crippen LogP contribution in [0.15, 0.2) is 95.7 Å². The molecule has 0 bridgehead atoms. The number of hydrogen-bond acceptors (Lipinski definition) is 3. The monoisotopic (exact) mass is 483 g/mol. The summed E-state index contributed by atoms with van der Waals surface area (Å²) in [6.07, 6.45) is 7.68. The van der Waals surface area contributed by atoms with Gasteiger partial charge in [-0.15, -0.1) is 0 Å². The Balaban J connectivity index is 1.26. The topological polar surface area (TPSA) is 38.9 Å². The summed E-state index contributed by atoms with van der Waals surface area (Å²) in [6, 6.07) is 27.1. The van der Waals surface area contributed by atoms with Crippen LogP contribution in [0.2, 0.25) is 0 Å². The van der Waals surface area contributed by atoms with E-state index in [9.17, 15) is 0 Å². The van der Waals surface area contributed by atoms with Crippen molar-refractivity contribution in [3.63, 3.8) is 0 Å². The molecule has 0 radical (unpaired) electrons. The first-order valence-corrected chi connectivity index (χ1v) is 13.2. The standard InChI is InChI=1S/C34H30N2O/c1-34(2)17-14-22(15-18-34)25-11-13-30(36-21-25)24-16-19-35-31(20-24)29-9-5-8-27-28-12-10-23-6-3-4-7-26(23)32(28)37-33(27)29/h3-13,16,19-22H,14-15,17-18H2,1-2H3/i22D. The highest BCUT2D eigenvalue weighted by molar-refractivity contribution is 6.17. The molecule has 37 heavy (non-hydrogen) atoms. The van der Waals surface area contributed by atoms with Crippen LogP contribution in [0.25, 0.3) is 55.2 Å². The number of hydrogen-bond donors (Lipinski definition) is 0. The van der Waals surface area contributed by atoms with E-state index in [2.05, 4.69) is 86.6 Å².